The Morgan fingerprint density at radius 3 is 2.18 bits per heavy atom. The van der Waals surface area contributed by atoms with Crippen molar-refractivity contribution in [3.63, 3.8) is 0 Å². The summed E-state index contributed by atoms with van der Waals surface area (Å²) < 4.78 is 0. The Bertz CT molecular complexity index is 706. The molecule has 6 heteroatoms. The maximum atomic E-state index is 13.3. The molecule has 3 amide bonds. The van der Waals surface area contributed by atoms with Gasteiger partial charge in [0.2, 0.25) is 0 Å². The van der Waals surface area contributed by atoms with Gasteiger partial charge in [0.15, 0.2) is 0 Å². The molecule has 2 fully saturated rings. The molecule has 1 N–H and O–H groups in total. The van der Waals surface area contributed by atoms with Gasteiger partial charge in [-0.3, -0.25) is 14.6 Å². The molecule has 154 valence electrons. The van der Waals surface area contributed by atoms with Crippen molar-refractivity contribution >= 4 is 11.9 Å². The predicted octanol–water partition coefficient (Wildman–Crippen LogP) is 3.45. The maximum absolute atomic E-state index is 13.3. The zero-order valence-corrected chi connectivity index (χ0v) is 17.5. The lowest BCUT2D eigenvalue weighted by Gasteiger charge is -2.42. The van der Waals surface area contributed by atoms with Crippen molar-refractivity contribution in [1.82, 2.24) is 14.7 Å². The maximum Gasteiger partial charge on any atom is 0.327 e. The highest BCUT2D eigenvalue weighted by Crippen LogP contribution is 2.38. The fourth-order valence-electron chi connectivity index (χ4n) is 4.32. The van der Waals surface area contributed by atoms with Crippen molar-refractivity contribution in [2.24, 2.45) is 5.92 Å². The second-order valence-electron chi connectivity index (χ2n) is 8.86. The summed E-state index contributed by atoms with van der Waals surface area (Å²) in [6.07, 6.45) is 2.26. The lowest BCUT2D eigenvalue weighted by molar-refractivity contribution is -0.136. The van der Waals surface area contributed by atoms with Crippen LogP contribution in [0.4, 0.5) is 4.79 Å². The van der Waals surface area contributed by atoms with Crippen LogP contribution in [0.25, 0.3) is 0 Å². The van der Waals surface area contributed by atoms with E-state index in [0.29, 0.717) is 25.3 Å². The van der Waals surface area contributed by atoms with Crippen LogP contribution in [0.1, 0.15) is 52.5 Å². The minimum absolute atomic E-state index is 0.0134. The third kappa shape index (κ3) is 3.88. The molecule has 2 aliphatic rings. The number of amides is 3. The summed E-state index contributed by atoms with van der Waals surface area (Å²) in [7, 11) is 0. The van der Waals surface area contributed by atoms with Crippen LogP contribution in [0.15, 0.2) is 24.3 Å². The van der Waals surface area contributed by atoms with Crippen molar-refractivity contribution < 1.29 is 14.7 Å². The molecule has 2 aliphatic heterocycles. The van der Waals surface area contributed by atoms with Crippen molar-refractivity contribution in [3.05, 3.63) is 29.8 Å². The molecule has 0 saturated carbocycles. The highest BCUT2D eigenvalue weighted by atomic mass is 16.3. The fraction of sp³-hybridized carbons (Fsp3) is 0.636. The van der Waals surface area contributed by atoms with Crippen LogP contribution in [-0.4, -0.2) is 63.0 Å². The first-order valence-electron chi connectivity index (χ1n) is 10.4. The number of imide groups is 1. The first-order valence-corrected chi connectivity index (χ1v) is 10.4. The number of nitrogens with zero attached hydrogens (tertiary/aromatic N) is 3. The van der Waals surface area contributed by atoms with Gasteiger partial charge in [0, 0.05) is 32.2 Å². The summed E-state index contributed by atoms with van der Waals surface area (Å²) in [5.41, 5.74) is 0.463. The molecule has 0 aromatic heterocycles. The van der Waals surface area contributed by atoms with Crippen LogP contribution >= 0.6 is 0 Å². The quantitative estimate of drug-likeness (QED) is 0.760. The van der Waals surface area contributed by atoms with E-state index in [0.717, 1.165) is 31.6 Å². The smallest absolute Gasteiger partial charge is 0.327 e. The predicted molar refractivity (Wildman–Crippen MR) is 109 cm³/mol. The Kier molecular flexibility index (Phi) is 5.98. The summed E-state index contributed by atoms with van der Waals surface area (Å²) in [5.74, 6) is 0.745. The fourth-order valence-corrected chi connectivity index (χ4v) is 4.32. The number of carbonyl (C=O) groups is 2. The second-order valence-corrected chi connectivity index (χ2v) is 8.86. The average molecular weight is 388 g/mol. The summed E-state index contributed by atoms with van der Waals surface area (Å²) in [4.78, 5) is 32.0. The number of piperidine rings is 1. The first-order chi connectivity index (χ1) is 13.2. The Balaban J connectivity index is 1.74. The van der Waals surface area contributed by atoms with Crippen molar-refractivity contribution in [2.75, 3.05) is 19.6 Å². The molecule has 2 heterocycles. The molecule has 1 aromatic carbocycles. The summed E-state index contributed by atoms with van der Waals surface area (Å²) in [6.45, 7) is 11.1. The lowest BCUT2D eigenvalue weighted by atomic mass is 9.85. The van der Waals surface area contributed by atoms with Crippen LogP contribution in [0.3, 0.4) is 0 Å². The van der Waals surface area contributed by atoms with Crippen LogP contribution in [0.5, 0.6) is 5.75 Å². The molecule has 0 atom stereocenters. The minimum atomic E-state index is -0.679. The molecular formula is C22H33N3O3. The van der Waals surface area contributed by atoms with Crippen LogP contribution in [0, 0.1) is 5.92 Å². The van der Waals surface area contributed by atoms with Gasteiger partial charge in [0.1, 0.15) is 11.3 Å². The van der Waals surface area contributed by atoms with Gasteiger partial charge in [-0.25, -0.2) is 4.79 Å². The van der Waals surface area contributed by atoms with E-state index in [-0.39, 0.29) is 23.7 Å². The van der Waals surface area contributed by atoms with Gasteiger partial charge in [0.25, 0.3) is 5.91 Å². The van der Waals surface area contributed by atoms with Crippen molar-refractivity contribution in [1.29, 1.82) is 0 Å². The average Bonchev–Trinajstić information content (AvgIpc) is 2.84. The second kappa shape index (κ2) is 8.11. The van der Waals surface area contributed by atoms with Gasteiger partial charge in [-0.05, 0) is 56.7 Å². The molecule has 0 radical (unpaired) electrons. The molecule has 0 bridgehead atoms. The zero-order chi connectivity index (χ0) is 20.5. The number of phenols is 1. The summed E-state index contributed by atoms with van der Waals surface area (Å²) in [5, 5.41) is 9.45. The van der Waals surface area contributed by atoms with E-state index in [1.807, 2.05) is 30.9 Å². The van der Waals surface area contributed by atoms with E-state index >= 15 is 0 Å². The highest BCUT2D eigenvalue weighted by Gasteiger charge is 2.58. The SMILES string of the molecule is CC(C)CCN1C(=O)N(C(C)C)C(=O)C12CCN(Cc1ccc(O)cc1)CC2. The summed E-state index contributed by atoms with van der Waals surface area (Å²) >= 11 is 0. The molecule has 1 spiro atoms. The standard InChI is InChI=1S/C22H33N3O3/c1-16(2)9-12-24-21(28)25(17(3)4)20(27)22(24)10-13-23(14-11-22)15-18-5-7-19(26)8-6-18/h5-8,16-17,26H,9-15H2,1-4H3. The number of hydrogen-bond donors (Lipinski definition) is 1. The third-order valence-corrected chi connectivity index (χ3v) is 6.04. The van der Waals surface area contributed by atoms with Crippen LogP contribution in [-0.2, 0) is 11.3 Å². The molecule has 28 heavy (non-hydrogen) atoms. The molecule has 2 saturated heterocycles. The number of aromatic hydroxyl groups is 1. The Morgan fingerprint density at radius 1 is 1.04 bits per heavy atom. The molecule has 0 aliphatic carbocycles. The Labute approximate surface area is 168 Å². The van der Waals surface area contributed by atoms with E-state index < -0.39 is 5.54 Å². The van der Waals surface area contributed by atoms with Crippen LogP contribution < -0.4 is 0 Å². The third-order valence-electron chi connectivity index (χ3n) is 6.04. The number of urea groups is 1. The van der Waals surface area contributed by atoms with E-state index in [2.05, 4.69) is 18.7 Å². The summed E-state index contributed by atoms with van der Waals surface area (Å²) in [6, 6.07) is 7.03. The van der Waals surface area contributed by atoms with Gasteiger partial charge in [-0.1, -0.05) is 26.0 Å². The molecule has 6 nitrogen and oxygen atoms in total. The lowest BCUT2D eigenvalue weighted by Crippen LogP contribution is -2.56. The van der Waals surface area contributed by atoms with Crippen molar-refractivity contribution in [2.45, 2.75) is 65.1 Å². The van der Waals surface area contributed by atoms with E-state index in [1.165, 1.54) is 4.90 Å². The van der Waals surface area contributed by atoms with Gasteiger partial charge < -0.3 is 10.0 Å². The normalized spacial score (nSPS) is 20.2. The monoisotopic (exact) mass is 387 g/mol. The number of benzene rings is 1. The topological polar surface area (TPSA) is 64.1 Å². The van der Waals surface area contributed by atoms with Gasteiger partial charge in [0.05, 0.1) is 0 Å². The molecule has 0 unspecified atom stereocenters. The number of likely N-dealkylation sites (tertiary alicyclic amines) is 1. The van der Waals surface area contributed by atoms with Crippen LogP contribution in [0.2, 0.25) is 0 Å². The van der Waals surface area contributed by atoms with E-state index in [9.17, 15) is 14.7 Å². The molecule has 3 rings (SSSR count). The minimum Gasteiger partial charge on any atom is -0.508 e. The van der Waals surface area contributed by atoms with Gasteiger partial charge in [-0.15, -0.1) is 0 Å². The van der Waals surface area contributed by atoms with E-state index in [1.54, 1.807) is 12.1 Å². The molecule has 1 aromatic rings. The zero-order valence-electron chi connectivity index (χ0n) is 17.5. The number of rotatable bonds is 6. The first kappa shape index (κ1) is 20.6. The number of hydrogen-bond acceptors (Lipinski definition) is 4. The highest BCUT2D eigenvalue weighted by molar-refractivity contribution is 6.07. The Hall–Kier alpha value is -2.08. The number of carbonyl (C=O) groups excluding carboxylic acids is 2. The van der Waals surface area contributed by atoms with Gasteiger partial charge >= 0.3 is 6.03 Å². The largest absolute Gasteiger partial charge is 0.508 e. The van der Waals surface area contributed by atoms with Crippen molar-refractivity contribution in [3.8, 4) is 5.75 Å². The molecular weight excluding hydrogens is 354 g/mol. The van der Waals surface area contributed by atoms with Gasteiger partial charge in [-0.2, -0.15) is 0 Å². The van der Waals surface area contributed by atoms with E-state index in [4.69, 9.17) is 0 Å². The number of phenolic OH excluding ortho intramolecular Hbond substituents is 1. The Morgan fingerprint density at radius 2 is 1.64 bits per heavy atom.